The van der Waals surface area contributed by atoms with Crippen molar-refractivity contribution >= 4 is 23.2 Å². The number of hydrogen-bond donors (Lipinski definition) is 2. The van der Waals surface area contributed by atoms with Crippen LogP contribution in [0.1, 0.15) is 11.5 Å². The second-order valence-electron chi connectivity index (χ2n) is 5.98. The molecule has 0 radical (unpaired) electrons. The summed E-state index contributed by atoms with van der Waals surface area (Å²) < 4.78 is 0. The molecule has 3 N–H and O–H groups in total. The molecule has 0 aromatic heterocycles. The molecule has 0 bridgehead atoms. The standard InChI is InChI=1S/C18H13Cl2N5/c19-14-3-1-2-11(16(14)20)15-13-7-25-5-4-10(13)12(6-21)17(24)18(15,8-22)9-23/h1-4,13,15,25H,5,7,24H2. The van der Waals surface area contributed by atoms with Crippen LogP contribution < -0.4 is 11.1 Å². The highest BCUT2D eigenvalue weighted by Crippen LogP contribution is 2.55. The van der Waals surface area contributed by atoms with Gasteiger partial charge in [0, 0.05) is 24.9 Å². The molecule has 1 aliphatic heterocycles. The molecule has 0 fully saturated rings. The minimum atomic E-state index is -1.69. The van der Waals surface area contributed by atoms with E-state index >= 15 is 0 Å². The third-order valence-electron chi connectivity index (χ3n) is 4.86. The van der Waals surface area contributed by atoms with Gasteiger partial charge in [-0.2, -0.15) is 15.8 Å². The minimum Gasteiger partial charge on any atom is -0.399 e. The fourth-order valence-corrected chi connectivity index (χ4v) is 4.13. The Hall–Kier alpha value is -2.49. The van der Waals surface area contributed by atoms with Gasteiger partial charge in [0.15, 0.2) is 5.41 Å². The van der Waals surface area contributed by atoms with Gasteiger partial charge in [0.25, 0.3) is 0 Å². The number of nitriles is 3. The van der Waals surface area contributed by atoms with E-state index < -0.39 is 11.3 Å². The zero-order valence-corrected chi connectivity index (χ0v) is 14.6. The van der Waals surface area contributed by atoms with Crippen molar-refractivity contribution < 1.29 is 0 Å². The van der Waals surface area contributed by atoms with Crippen LogP contribution in [0.3, 0.4) is 0 Å². The number of halogens is 2. The van der Waals surface area contributed by atoms with E-state index in [1.807, 2.05) is 6.08 Å². The van der Waals surface area contributed by atoms with Crippen LogP contribution in [-0.4, -0.2) is 13.1 Å². The molecule has 2 atom stereocenters. The lowest BCUT2D eigenvalue weighted by Gasteiger charge is -2.43. The Morgan fingerprint density at radius 1 is 1.20 bits per heavy atom. The van der Waals surface area contributed by atoms with E-state index in [9.17, 15) is 15.8 Å². The van der Waals surface area contributed by atoms with Gasteiger partial charge in [-0.25, -0.2) is 0 Å². The normalized spacial score (nSPS) is 24.4. The van der Waals surface area contributed by atoms with E-state index in [4.69, 9.17) is 28.9 Å². The van der Waals surface area contributed by atoms with Crippen molar-refractivity contribution in [2.45, 2.75) is 5.92 Å². The Morgan fingerprint density at radius 3 is 2.56 bits per heavy atom. The van der Waals surface area contributed by atoms with Crippen LogP contribution in [0.5, 0.6) is 0 Å². The average Bonchev–Trinajstić information content (AvgIpc) is 2.64. The number of nitrogens with two attached hydrogens (primary N) is 1. The molecule has 7 heteroatoms. The summed E-state index contributed by atoms with van der Waals surface area (Å²) in [7, 11) is 0. The van der Waals surface area contributed by atoms with Crippen LogP contribution in [0.15, 0.2) is 41.1 Å². The van der Waals surface area contributed by atoms with Gasteiger partial charge in [0.2, 0.25) is 0 Å². The van der Waals surface area contributed by atoms with Gasteiger partial charge in [0.05, 0.1) is 33.5 Å². The Morgan fingerprint density at radius 2 is 1.92 bits per heavy atom. The molecule has 124 valence electrons. The molecule has 0 spiro atoms. The van der Waals surface area contributed by atoms with Gasteiger partial charge in [-0.3, -0.25) is 0 Å². The van der Waals surface area contributed by atoms with Crippen LogP contribution >= 0.6 is 23.2 Å². The van der Waals surface area contributed by atoms with E-state index in [2.05, 4.69) is 23.5 Å². The van der Waals surface area contributed by atoms with Crippen molar-refractivity contribution in [3.63, 3.8) is 0 Å². The summed E-state index contributed by atoms with van der Waals surface area (Å²) in [6.07, 6.45) is 1.88. The SMILES string of the molecule is N#CC1=C(N)C(C#N)(C#N)C(c2cccc(Cl)c2Cl)C2CNCC=C12. The van der Waals surface area contributed by atoms with Gasteiger partial charge in [-0.1, -0.05) is 41.4 Å². The van der Waals surface area contributed by atoms with E-state index in [1.54, 1.807) is 18.2 Å². The third kappa shape index (κ3) is 2.39. The molecule has 1 aromatic rings. The molecule has 2 aliphatic rings. The quantitative estimate of drug-likeness (QED) is 0.790. The summed E-state index contributed by atoms with van der Waals surface area (Å²) in [6.45, 7) is 1.09. The van der Waals surface area contributed by atoms with E-state index in [0.29, 0.717) is 28.7 Å². The number of rotatable bonds is 1. The molecular weight excluding hydrogens is 357 g/mol. The first-order valence-corrected chi connectivity index (χ1v) is 8.35. The van der Waals surface area contributed by atoms with Crippen molar-refractivity contribution in [2.75, 3.05) is 13.1 Å². The van der Waals surface area contributed by atoms with Gasteiger partial charge in [-0.05, 0) is 17.2 Å². The molecule has 0 amide bonds. The molecule has 1 aliphatic carbocycles. The summed E-state index contributed by atoms with van der Waals surface area (Å²) in [5.41, 5.74) is 6.01. The first-order valence-electron chi connectivity index (χ1n) is 7.59. The lowest BCUT2D eigenvalue weighted by molar-refractivity contribution is 0.328. The van der Waals surface area contributed by atoms with Gasteiger partial charge >= 0.3 is 0 Å². The predicted octanol–water partition coefficient (Wildman–Crippen LogP) is 3.01. The molecular formula is C18H13Cl2N5. The molecule has 3 rings (SSSR count). The Balaban J connectivity index is 2.38. The molecule has 0 saturated carbocycles. The maximum absolute atomic E-state index is 9.90. The average molecular weight is 370 g/mol. The second kappa shape index (κ2) is 6.43. The number of nitrogens with zero attached hydrogens (tertiary/aromatic N) is 3. The second-order valence-corrected chi connectivity index (χ2v) is 6.76. The first kappa shape index (κ1) is 17.3. The number of allylic oxidation sites excluding steroid dienone is 2. The number of hydrogen-bond acceptors (Lipinski definition) is 5. The summed E-state index contributed by atoms with van der Waals surface area (Å²) in [5, 5.41) is 33.2. The van der Waals surface area contributed by atoms with Crippen LogP contribution in [0.4, 0.5) is 0 Å². The monoisotopic (exact) mass is 369 g/mol. The topological polar surface area (TPSA) is 109 Å². The molecule has 5 nitrogen and oxygen atoms in total. The van der Waals surface area contributed by atoms with Crippen molar-refractivity contribution in [3.8, 4) is 18.2 Å². The zero-order valence-electron chi connectivity index (χ0n) is 13.1. The number of fused-ring (bicyclic) bond motifs is 1. The van der Waals surface area contributed by atoms with E-state index in [0.717, 1.165) is 5.57 Å². The lowest BCUT2D eigenvalue weighted by Crippen LogP contribution is -2.47. The summed E-state index contributed by atoms with van der Waals surface area (Å²) in [4.78, 5) is 0. The fraction of sp³-hybridized carbons (Fsp3) is 0.278. The maximum Gasteiger partial charge on any atom is 0.191 e. The third-order valence-corrected chi connectivity index (χ3v) is 5.70. The molecule has 25 heavy (non-hydrogen) atoms. The van der Waals surface area contributed by atoms with Gasteiger partial charge in [-0.15, -0.1) is 0 Å². The number of nitrogens with one attached hydrogen (secondary N) is 1. The van der Waals surface area contributed by atoms with Crippen LogP contribution in [0.2, 0.25) is 10.0 Å². The summed E-state index contributed by atoms with van der Waals surface area (Å²) >= 11 is 12.6. The molecule has 0 saturated heterocycles. The highest BCUT2D eigenvalue weighted by Gasteiger charge is 2.54. The minimum absolute atomic E-state index is 0.0227. The van der Waals surface area contributed by atoms with Gasteiger partial charge < -0.3 is 11.1 Å². The molecule has 1 aromatic carbocycles. The smallest absolute Gasteiger partial charge is 0.191 e. The van der Waals surface area contributed by atoms with E-state index in [1.165, 1.54) is 0 Å². The number of benzene rings is 1. The summed E-state index contributed by atoms with van der Waals surface area (Å²) in [6, 6.07) is 11.3. The molecule has 2 unspecified atom stereocenters. The van der Waals surface area contributed by atoms with Crippen molar-refractivity contribution in [1.82, 2.24) is 5.32 Å². The molecule has 1 heterocycles. The van der Waals surface area contributed by atoms with Crippen molar-refractivity contribution in [3.05, 3.63) is 56.7 Å². The first-order chi connectivity index (χ1) is 12.0. The Labute approximate surface area is 155 Å². The highest BCUT2D eigenvalue weighted by atomic mass is 35.5. The largest absolute Gasteiger partial charge is 0.399 e. The predicted molar refractivity (Wildman–Crippen MR) is 94.1 cm³/mol. The highest BCUT2D eigenvalue weighted by molar-refractivity contribution is 6.42. The van der Waals surface area contributed by atoms with Crippen molar-refractivity contribution in [2.24, 2.45) is 17.1 Å². The lowest BCUT2D eigenvalue weighted by atomic mass is 9.58. The van der Waals surface area contributed by atoms with Gasteiger partial charge in [0.1, 0.15) is 6.07 Å². The zero-order chi connectivity index (χ0) is 18.2. The van der Waals surface area contributed by atoms with Crippen LogP contribution in [-0.2, 0) is 0 Å². The van der Waals surface area contributed by atoms with Crippen LogP contribution in [0, 0.1) is 45.3 Å². The Bertz CT molecular complexity index is 912. The van der Waals surface area contributed by atoms with Crippen LogP contribution in [0.25, 0.3) is 0 Å². The van der Waals surface area contributed by atoms with E-state index in [-0.39, 0.29) is 17.2 Å². The van der Waals surface area contributed by atoms with Crippen molar-refractivity contribution in [1.29, 1.82) is 15.8 Å². The summed E-state index contributed by atoms with van der Waals surface area (Å²) in [5.74, 6) is -0.921. The maximum atomic E-state index is 9.90. The Kier molecular flexibility index (Phi) is 4.46. The fourth-order valence-electron chi connectivity index (χ4n) is 3.71.